The SMILES string of the molecule is CNC(C)(C)c1nc2cccc(C)c2n1C. The van der Waals surface area contributed by atoms with Gasteiger partial charge in [-0.15, -0.1) is 0 Å². The minimum atomic E-state index is -0.111. The summed E-state index contributed by atoms with van der Waals surface area (Å²) >= 11 is 0. The lowest BCUT2D eigenvalue weighted by Gasteiger charge is -2.23. The molecule has 0 bridgehead atoms. The second kappa shape index (κ2) is 3.59. The maximum absolute atomic E-state index is 4.72. The van der Waals surface area contributed by atoms with Gasteiger partial charge in [-0.1, -0.05) is 12.1 Å². The lowest BCUT2D eigenvalue weighted by Crippen LogP contribution is -2.35. The summed E-state index contributed by atoms with van der Waals surface area (Å²) in [6, 6.07) is 6.25. The van der Waals surface area contributed by atoms with Crippen molar-refractivity contribution in [3.8, 4) is 0 Å². The maximum atomic E-state index is 4.72. The van der Waals surface area contributed by atoms with Gasteiger partial charge in [-0.05, 0) is 39.4 Å². The van der Waals surface area contributed by atoms with Crippen LogP contribution in [-0.4, -0.2) is 16.6 Å². The van der Waals surface area contributed by atoms with Gasteiger partial charge in [0.05, 0.1) is 16.6 Å². The van der Waals surface area contributed by atoms with Crippen molar-refractivity contribution in [2.75, 3.05) is 7.05 Å². The van der Waals surface area contributed by atoms with Crippen LogP contribution in [0.3, 0.4) is 0 Å². The van der Waals surface area contributed by atoms with Gasteiger partial charge in [0.25, 0.3) is 0 Å². The summed E-state index contributed by atoms with van der Waals surface area (Å²) in [6.07, 6.45) is 0. The minimum absolute atomic E-state index is 0.111. The Bertz CT molecular complexity index is 523. The molecule has 1 aromatic carbocycles. The largest absolute Gasteiger partial charge is 0.329 e. The number of aromatic nitrogens is 2. The van der Waals surface area contributed by atoms with Gasteiger partial charge in [-0.25, -0.2) is 4.98 Å². The van der Waals surface area contributed by atoms with Gasteiger partial charge in [0.2, 0.25) is 0 Å². The van der Waals surface area contributed by atoms with E-state index in [2.05, 4.69) is 55.9 Å². The molecule has 0 spiro atoms. The molecule has 0 radical (unpaired) electrons. The van der Waals surface area contributed by atoms with Crippen molar-refractivity contribution in [3.63, 3.8) is 0 Å². The summed E-state index contributed by atoms with van der Waals surface area (Å²) < 4.78 is 2.18. The summed E-state index contributed by atoms with van der Waals surface area (Å²) in [5.41, 5.74) is 3.45. The van der Waals surface area contributed by atoms with E-state index in [-0.39, 0.29) is 5.54 Å². The summed E-state index contributed by atoms with van der Waals surface area (Å²) in [7, 11) is 4.04. The third kappa shape index (κ3) is 1.52. The first-order chi connectivity index (χ1) is 7.47. The van der Waals surface area contributed by atoms with Crippen LogP contribution < -0.4 is 5.32 Å². The molecule has 2 aromatic rings. The second-order valence-corrected chi connectivity index (χ2v) is 4.81. The predicted molar refractivity (Wildman–Crippen MR) is 67.5 cm³/mol. The zero-order valence-electron chi connectivity index (χ0n) is 10.6. The molecule has 86 valence electrons. The molecule has 0 aliphatic rings. The molecule has 3 heteroatoms. The van der Waals surface area contributed by atoms with E-state index in [4.69, 9.17) is 4.98 Å². The van der Waals surface area contributed by atoms with Crippen LogP contribution in [0.25, 0.3) is 11.0 Å². The standard InChI is InChI=1S/C13H19N3/c1-9-7-6-8-10-11(9)16(5)12(15-10)13(2,3)14-4/h6-8,14H,1-5H3. The van der Waals surface area contributed by atoms with E-state index < -0.39 is 0 Å². The number of imidazole rings is 1. The molecule has 0 aliphatic carbocycles. The molecule has 1 N–H and O–H groups in total. The van der Waals surface area contributed by atoms with Crippen molar-refractivity contribution < 1.29 is 0 Å². The number of benzene rings is 1. The first-order valence-electron chi connectivity index (χ1n) is 5.59. The first-order valence-corrected chi connectivity index (χ1v) is 5.59. The van der Waals surface area contributed by atoms with E-state index in [1.807, 2.05) is 7.05 Å². The monoisotopic (exact) mass is 217 g/mol. The fourth-order valence-corrected chi connectivity index (χ4v) is 2.14. The molecule has 0 atom stereocenters. The van der Waals surface area contributed by atoms with Crippen LogP contribution in [-0.2, 0) is 12.6 Å². The van der Waals surface area contributed by atoms with Crippen molar-refractivity contribution in [1.82, 2.24) is 14.9 Å². The quantitative estimate of drug-likeness (QED) is 0.836. The third-order valence-electron chi connectivity index (χ3n) is 3.28. The fraction of sp³-hybridized carbons (Fsp3) is 0.462. The Kier molecular flexibility index (Phi) is 2.50. The number of rotatable bonds is 2. The van der Waals surface area contributed by atoms with Gasteiger partial charge in [0, 0.05) is 7.05 Å². The van der Waals surface area contributed by atoms with Gasteiger partial charge in [0.15, 0.2) is 0 Å². The molecule has 3 nitrogen and oxygen atoms in total. The van der Waals surface area contributed by atoms with Crippen molar-refractivity contribution >= 4 is 11.0 Å². The van der Waals surface area contributed by atoms with Crippen LogP contribution in [0, 0.1) is 6.92 Å². The number of nitrogens with one attached hydrogen (secondary N) is 1. The van der Waals surface area contributed by atoms with Crippen molar-refractivity contribution in [2.45, 2.75) is 26.3 Å². The van der Waals surface area contributed by atoms with Gasteiger partial charge < -0.3 is 9.88 Å². The molecule has 16 heavy (non-hydrogen) atoms. The molecule has 0 unspecified atom stereocenters. The van der Waals surface area contributed by atoms with Crippen LogP contribution in [0.1, 0.15) is 25.2 Å². The van der Waals surface area contributed by atoms with Crippen molar-refractivity contribution in [2.24, 2.45) is 7.05 Å². The lowest BCUT2D eigenvalue weighted by atomic mass is 10.1. The number of nitrogens with zero attached hydrogens (tertiary/aromatic N) is 2. The van der Waals surface area contributed by atoms with Gasteiger partial charge in [-0.3, -0.25) is 0 Å². The Morgan fingerprint density at radius 2 is 2.00 bits per heavy atom. The molecule has 0 amide bonds. The summed E-state index contributed by atoms with van der Waals surface area (Å²) in [6.45, 7) is 6.41. The average molecular weight is 217 g/mol. The van der Waals surface area contributed by atoms with Gasteiger partial charge in [0.1, 0.15) is 5.82 Å². The Balaban J connectivity index is 2.75. The highest BCUT2D eigenvalue weighted by Crippen LogP contribution is 2.25. The van der Waals surface area contributed by atoms with Gasteiger partial charge >= 0.3 is 0 Å². The Labute approximate surface area is 96.5 Å². The molecular formula is C13H19N3. The Morgan fingerprint density at radius 1 is 1.31 bits per heavy atom. The molecule has 0 saturated carbocycles. The fourth-order valence-electron chi connectivity index (χ4n) is 2.14. The summed E-state index contributed by atoms with van der Waals surface area (Å²) in [4.78, 5) is 4.72. The van der Waals surface area contributed by atoms with E-state index in [0.717, 1.165) is 11.3 Å². The van der Waals surface area contributed by atoms with Crippen molar-refractivity contribution in [1.29, 1.82) is 0 Å². The number of hydrogen-bond donors (Lipinski definition) is 1. The smallest absolute Gasteiger partial charge is 0.129 e. The van der Waals surface area contributed by atoms with E-state index in [9.17, 15) is 0 Å². The molecule has 0 saturated heterocycles. The van der Waals surface area contributed by atoms with Gasteiger partial charge in [-0.2, -0.15) is 0 Å². The Morgan fingerprint density at radius 3 is 2.56 bits per heavy atom. The molecular weight excluding hydrogens is 198 g/mol. The highest BCUT2D eigenvalue weighted by atomic mass is 15.1. The minimum Gasteiger partial charge on any atom is -0.329 e. The highest BCUT2D eigenvalue weighted by Gasteiger charge is 2.24. The van der Waals surface area contributed by atoms with Crippen LogP contribution in [0.5, 0.6) is 0 Å². The van der Waals surface area contributed by atoms with Crippen molar-refractivity contribution in [3.05, 3.63) is 29.6 Å². The molecule has 1 aromatic heterocycles. The number of hydrogen-bond acceptors (Lipinski definition) is 2. The van der Waals surface area contributed by atoms with Crippen LogP contribution in [0.2, 0.25) is 0 Å². The van der Waals surface area contributed by atoms with E-state index in [1.54, 1.807) is 0 Å². The summed E-state index contributed by atoms with van der Waals surface area (Å²) in [5, 5.41) is 3.30. The van der Waals surface area contributed by atoms with Crippen LogP contribution >= 0.6 is 0 Å². The Hall–Kier alpha value is -1.35. The van der Waals surface area contributed by atoms with E-state index in [1.165, 1.54) is 11.1 Å². The molecule has 2 rings (SSSR count). The number of aryl methyl sites for hydroxylation is 2. The number of fused-ring (bicyclic) bond motifs is 1. The average Bonchev–Trinajstić information content (AvgIpc) is 2.58. The van der Waals surface area contributed by atoms with E-state index in [0.29, 0.717) is 0 Å². The lowest BCUT2D eigenvalue weighted by molar-refractivity contribution is 0.406. The third-order valence-corrected chi connectivity index (χ3v) is 3.28. The maximum Gasteiger partial charge on any atom is 0.129 e. The molecule has 0 aliphatic heterocycles. The molecule has 1 heterocycles. The second-order valence-electron chi connectivity index (χ2n) is 4.81. The molecule has 0 fully saturated rings. The topological polar surface area (TPSA) is 29.9 Å². The van der Waals surface area contributed by atoms with Crippen LogP contribution in [0.15, 0.2) is 18.2 Å². The highest BCUT2D eigenvalue weighted by molar-refractivity contribution is 5.79. The van der Waals surface area contributed by atoms with Crippen LogP contribution in [0.4, 0.5) is 0 Å². The van der Waals surface area contributed by atoms with E-state index >= 15 is 0 Å². The first kappa shape index (κ1) is 11.1. The summed E-state index contributed by atoms with van der Waals surface area (Å²) in [5.74, 6) is 1.07. The zero-order valence-corrected chi connectivity index (χ0v) is 10.6. The predicted octanol–water partition coefficient (Wildman–Crippen LogP) is 2.34. The zero-order chi connectivity index (χ0) is 11.9. The normalized spacial score (nSPS) is 12.3. The number of para-hydroxylation sites is 1.